The van der Waals surface area contributed by atoms with Gasteiger partial charge < -0.3 is 5.73 Å². The fourth-order valence-electron chi connectivity index (χ4n) is 1.69. The number of amidine groups is 1. The van der Waals surface area contributed by atoms with Crippen LogP contribution in [-0.4, -0.2) is 14.3 Å². The molecule has 4 nitrogen and oxygen atoms in total. The van der Waals surface area contributed by atoms with E-state index in [-0.39, 0.29) is 10.7 Å². The highest BCUT2D eigenvalue weighted by atomic mass is 32.2. The van der Waals surface area contributed by atoms with Gasteiger partial charge in [0.2, 0.25) is 0 Å². The summed E-state index contributed by atoms with van der Waals surface area (Å²) < 4.78 is 28.0. The fourth-order valence-corrected chi connectivity index (χ4v) is 2.87. The Balaban J connectivity index is 2.45. The second kappa shape index (κ2) is 5.24. The van der Waals surface area contributed by atoms with Crippen LogP contribution in [-0.2, 0) is 10.0 Å². The minimum absolute atomic E-state index is 0.0103. The molecule has 0 heterocycles. The van der Waals surface area contributed by atoms with Crippen LogP contribution in [0.5, 0.6) is 0 Å². The number of aryl methyl sites for hydroxylation is 1. The van der Waals surface area contributed by atoms with Crippen molar-refractivity contribution in [1.29, 1.82) is 0 Å². The molecule has 0 bridgehead atoms. The standard InChI is InChI=1S/C14H14N2O2S/c1-11-7-5-6-10-13(11)19(17,18)16-14(15)12-8-3-2-4-9-12/h2-10H,1H3,(H2,15,16). The molecule has 2 rings (SSSR count). The molecule has 0 aliphatic carbocycles. The minimum Gasteiger partial charge on any atom is -0.383 e. The molecule has 0 saturated heterocycles. The average Bonchev–Trinajstić information content (AvgIpc) is 2.39. The first-order valence-corrected chi connectivity index (χ1v) is 7.16. The predicted molar refractivity (Wildman–Crippen MR) is 75.5 cm³/mol. The van der Waals surface area contributed by atoms with Gasteiger partial charge in [0, 0.05) is 5.56 Å². The third-order valence-electron chi connectivity index (χ3n) is 2.66. The van der Waals surface area contributed by atoms with Gasteiger partial charge in [-0.3, -0.25) is 0 Å². The van der Waals surface area contributed by atoms with Gasteiger partial charge in [-0.05, 0) is 18.6 Å². The van der Waals surface area contributed by atoms with E-state index in [0.717, 1.165) is 0 Å². The molecule has 0 spiro atoms. The monoisotopic (exact) mass is 274 g/mol. The summed E-state index contributed by atoms with van der Waals surface area (Å²) in [6, 6.07) is 15.5. The Morgan fingerprint density at radius 2 is 1.58 bits per heavy atom. The normalized spacial score (nSPS) is 12.4. The van der Waals surface area contributed by atoms with Crippen LogP contribution >= 0.6 is 0 Å². The summed E-state index contributed by atoms with van der Waals surface area (Å²) in [6.07, 6.45) is 0. The van der Waals surface area contributed by atoms with E-state index in [1.807, 2.05) is 6.07 Å². The molecule has 98 valence electrons. The first kappa shape index (κ1) is 13.3. The molecule has 0 saturated carbocycles. The largest absolute Gasteiger partial charge is 0.383 e. The van der Waals surface area contributed by atoms with Crippen LogP contribution < -0.4 is 5.73 Å². The lowest BCUT2D eigenvalue weighted by atomic mass is 10.2. The number of hydrogen-bond acceptors (Lipinski definition) is 2. The SMILES string of the molecule is Cc1ccccc1S(=O)(=O)N=C(N)c1ccccc1. The number of nitrogens with zero attached hydrogens (tertiary/aromatic N) is 1. The molecule has 2 N–H and O–H groups in total. The Morgan fingerprint density at radius 1 is 1.00 bits per heavy atom. The molecule has 0 aliphatic heterocycles. The van der Waals surface area contributed by atoms with E-state index >= 15 is 0 Å². The van der Waals surface area contributed by atoms with Crippen molar-refractivity contribution in [2.45, 2.75) is 11.8 Å². The molecule has 0 atom stereocenters. The average molecular weight is 274 g/mol. The van der Waals surface area contributed by atoms with E-state index in [2.05, 4.69) is 4.40 Å². The molecule has 0 aromatic heterocycles. The summed E-state index contributed by atoms with van der Waals surface area (Å²) in [5, 5.41) is 0. The molecular weight excluding hydrogens is 260 g/mol. The molecule has 5 heteroatoms. The second-order valence-electron chi connectivity index (χ2n) is 4.08. The zero-order valence-corrected chi connectivity index (χ0v) is 11.3. The maximum atomic E-state index is 12.2. The van der Waals surface area contributed by atoms with E-state index in [9.17, 15) is 8.42 Å². The number of sulfonamides is 1. The molecule has 0 fully saturated rings. The lowest BCUT2D eigenvalue weighted by Gasteiger charge is -2.04. The summed E-state index contributed by atoms with van der Waals surface area (Å²) in [6.45, 7) is 1.72. The Hall–Kier alpha value is -2.14. The molecule has 0 amide bonds. The van der Waals surface area contributed by atoms with Gasteiger partial charge in [-0.15, -0.1) is 4.40 Å². The van der Waals surface area contributed by atoms with E-state index in [4.69, 9.17) is 5.73 Å². The number of benzene rings is 2. The summed E-state index contributed by atoms with van der Waals surface area (Å²) in [5.41, 5.74) is 6.97. The van der Waals surface area contributed by atoms with Crippen molar-refractivity contribution in [2.75, 3.05) is 0 Å². The Labute approximate surface area is 112 Å². The Kier molecular flexibility index (Phi) is 3.66. The van der Waals surface area contributed by atoms with Crippen LogP contribution in [0.2, 0.25) is 0 Å². The van der Waals surface area contributed by atoms with Gasteiger partial charge in [-0.2, -0.15) is 8.42 Å². The van der Waals surface area contributed by atoms with Crippen molar-refractivity contribution >= 4 is 15.9 Å². The van der Waals surface area contributed by atoms with Gasteiger partial charge in [-0.1, -0.05) is 48.5 Å². The summed E-state index contributed by atoms with van der Waals surface area (Å²) in [7, 11) is -3.78. The third kappa shape index (κ3) is 3.00. The zero-order chi connectivity index (χ0) is 13.9. The highest BCUT2D eigenvalue weighted by Gasteiger charge is 2.16. The molecule has 0 unspecified atom stereocenters. The highest BCUT2D eigenvalue weighted by Crippen LogP contribution is 2.17. The van der Waals surface area contributed by atoms with Crippen molar-refractivity contribution in [2.24, 2.45) is 10.1 Å². The van der Waals surface area contributed by atoms with Gasteiger partial charge in [0.1, 0.15) is 5.84 Å². The van der Waals surface area contributed by atoms with Crippen molar-refractivity contribution in [3.63, 3.8) is 0 Å². The van der Waals surface area contributed by atoms with Crippen LogP contribution in [0.1, 0.15) is 11.1 Å². The van der Waals surface area contributed by atoms with E-state index < -0.39 is 10.0 Å². The minimum atomic E-state index is -3.78. The Morgan fingerprint density at radius 3 is 2.21 bits per heavy atom. The van der Waals surface area contributed by atoms with Crippen molar-refractivity contribution < 1.29 is 8.42 Å². The zero-order valence-electron chi connectivity index (χ0n) is 10.4. The van der Waals surface area contributed by atoms with Gasteiger partial charge in [0.05, 0.1) is 4.90 Å². The Bertz CT molecular complexity index is 707. The van der Waals surface area contributed by atoms with Gasteiger partial charge >= 0.3 is 0 Å². The smallest absolute Gasteiger partial charge is 0.284 e. The summed E-state index contributed by atoms with van der Waals surface area (Å²) in [4.78, 5) is 0.175. The third-order valence-corrected chi connectivity index (χ3v) is 4.11. The molecule has 19 heavy (non-hydrogen) atoms. The first-order chi connectivity index (χ1) is 9.00. The molecular formula is C14H14N2O2S. The quantitative estimate of drug-likeness (QED) is 0.688. The highest BCUT2D eigenvalue weighted by molar-refractivity contribution is 7.90. The van der Waals surface area contributed by atoms with Crippen LogP contribution in [0.4, 0.5) is 0 Å². The fraction of sp³-hybridized carbons (Fsp3) is 0.0714. The lowest BCUT2D eigenvalue weighted by Crippen LogP contribution is -2.16. The van der Waals surface area contributed by atoms with E-state index in [1.165, 1.54) is 6.07 Å². The first-order valence-electron chi connectivity index (χ1n) is 5.72. The topological polar surface area (TPSA) is 72.5 Å². The maximum Gasteiger partial charge on any atom is 0.284 e. The molecule has 0 aliphatic rings. The summed E-state index contributed by atoms with van der Waals surface area (Å²) in [5.74, 6) is -0.0103. The summed E-state index contributed by atoms with van der Waals surface area (Å²) >= 11 is 0. The van der Waals surface area contributed by atoms with E-state index in [0.29, 0.717) is 11.1 Å². The van der Waals surface area contributed by atoms with Crippen LogP contribution in [0.25, 0.3) is 0 Å². The second-order valence-corrected chi connectivity index (χ2v) is 5.66. The van der Waals surface area contributed by atoms with Crippen LogP contribution in [0.3, 0.4) is 0 Å². The lowest BCUT2D eigenvalue weighted by molar-refractivity contribution is 0.597. The number of hydrogen-bond donors (Lipinski definition) is 1. The number of rotatable bonds is 3. The van der Waals surface area contributed by atoms with Crippen molar-refractivity contribution in [1.82, 2.24) is 0 Å². The van der Waals surface area contributed by atoms with E-state index in [1.54, 1.807) is 49.4 Å². The van der Waals surface area contributed by atoms with Crippen molar-refractivity contribution in [3.8, 4) is 0 Å². The van der Waals surface area contributed by atoms with Crippen LogP contribution in [0, 0.1) is 6.92 Å². The predicted octanol–water partition coefficient (Wildman–Crippen LogP) is 2.09. The molecule has 2 aromatic rings. The van der Waals surface area contributed by atoms with Gasteiger partial charge in [-0.25, -0.2) is 0 Å². The molecule has 0 radical (unpaired) electrons. The van der Waals surface area contributed by atoms with Crippen molar-refractivity contribution in [3.05, 3.63) is 65.7 Å². The molecule has 2 aromatic carbocycles. The van der Waals surface area contributed by atoms with Gasteiger partial charge in [0.25, 0.3) is 10.0 Å². The number of nitrogens with two attached hydrogens (primary N) is 1. The van der Waals surface area contributed by atoms with Crippen LogP contribution in [0.15, 0.2) is 63.9 Å². The maximum absolute atomic E-state index is 12.2. The van der Waals surface area contributed by atoms with Gasteiger partial charge in [0.15, 0.2) is 0 Å².